The Hall–Kier alpha value is -2.43. The Morgan fingerprint density at radius 2 is 2.14 bits per heavy atom. The van der Waals surface area contributed by atoms with Crippen molar-refractivity contribution in [2.24, 2.45) is 0 Å². The van der Waals surface area contributed by atoms with Crippen LogP contribution in [0.15, 0.2) is 47.5 Å². The Balaban J connectivity index is 2.34. The van der Waals surface area contributed by atoms with E-state index in [0.717, 1.165) is 5.56 Å². The number of nitrogens with zero attached hydrogens (tertiary/aromatic N) is 2. The number of ether oxygens (including phenoxy) is 1. The number of pyridine rings is 1. The zero-order valence-electron chi connectivity index (χ0n) is 11.3. The molecule has 0 aliphatic rings. The van der Waals surface area contributed by atoms with Gasteiger partial charge in [0.1, 0.15) is 11.0 Å². The molecular formula is C14H13N3O3S. The highest BCUT2D eigenvalue weighted by Crippen LogP contribution is 2.19. The van der Waals surface area contributed by atoms with Crippen molar-refractivity contribution in [2.75, 3.05) is 11.8 Å². The normalized spacial score (nSPS) is 10.9. The van der Waals surface area contributed by atoms with Crippen LogP contribution in [0.2, 0.25) is 0 Å². The maximum Gasteiger partial charge on any atom is 0.264 e. The van der Waals surface area contributed by atoms with Crippen molar-refractivity contribution in [1.29, 1.82) is 5.26 Å². The summed E-state index contributed by atoms with van der Waals surface area (Å²) in [4.78, 5) is 3.60. The van der Waals surface area contributed by atoms with Crippen LogP contribution in [0.3, 0.4) is 0 Å². The number of nitriles is 1. The van der Waals surface area contributed by atoms with Crippen molar-refractivity contribution in [3.63, 3.8) is 0 Å². The first-order valence-corrected chi connectivity index (χ1v) is 7.51. The van der Waals surface area contributed by atoms with Crippen LogP contribution in [-0.2, 0) is 21.4 Å². The number of anilines is 1. The number of nitrogens with one attached hydrogen (secondary N) is 1. The SMILES string of the molecule is COCc1cccc(NS(=O)(=O)c2cccnc2C#N)c1. The lowest BCUT2D eigenvalue weighted by Gasteiger charge is -2.10. The number of aromatic nitrogens is 1. The lowest BCUT2D eigenvalue weighted by Crippen LogP contribution is -2.15. The minimum atomic E-state index is -3.86. The highest BCUT2D eigenvalue weighted by atomic mass is 32.2. The second kappa shape index (κ2) is 6.35. The zero-order valence-corrected chi connectivity index (χ0v) is 12.1. The summed E-state index contributed by atoms with van der Waals surface area (Å²) in [6, 6.07) is 11.4. The van der Waals surface area contributed by atoms with Crippen LogP contribution in [0.5, 0.6) is 0 Å². The van der Waals surface area contributed by atoms with E-state index in [-0.39, 0.29) is 10.6 Å². The number of methoxy groups -OCH3 is 1. The van der Waals surface area contributed by atoms with Crippen molar-refractivity contribution in [1.82, 2.24) is 4.98 Å². The monoisotopic (exact) mass is 303 g/mol. The van der Waals surface area contributed by atoms with E-state index in [4.69, 9.17) is 10.00 Å². The number of hydrogen-bond donors (Lipinski definition) is 1. The minimum Gasteiger partial charge on any atom is -0.380 e. The lowest BCUT2D eigenvalue weighted by molar-refractivity contribution is 0.185. The third-order valence-electron chi connectivity index (χ3n) is 2.66. The van der Waals surface area contributed by atoms with Crippen LogP contribution in [-0.4, -0.2) is 20.5 Å². The molecule has 2 aromatic rings. The summed E-state index contributed by atoms with van der Waals surface area (Å²) in [6.07, 6.45) is 1.37. The molecule has 6 nitrogen and oxygen atoms in total. The average molecular weight is 303 g/mol. The third kappa shape index (κ3) is 3.56. The largest absolute Gasteiger partial charge is 0.380 e. The van der Waals surface area contributed by atoms with E-state index >= 15 is 0 Å². The second-order valence-electron chi connectivity index (χ2n) is 4.20. The van der Waals surface area contributed by atoms with Crippen LogP contribution in [0.4, 0.5) is 5.69 Å². The van der Waals surface area contributed by atoms with E-state index in [1.54, 1.807) is 31.4 Å². The zero-order chi connectivity index (χ0) is 15.3. The Morgan fingerprint density at radius 3 is 2.86 bits per heavy atom. The van der Waals surface area contributed by atoms with E-state index in [1.807, 2.05) is 6.07 Å². The van der Waals surface area contributed by atoms with Crippen LogP contribution >= 0.6 is 0 Å². The lowest BCUT2D eigenvalue weighted by atomic mass is 10.2. The van der Waals surface area contributed by atoms with Crippen molar-refractivity contribution in [2.45, 2.75) is 11.5 Å². The van der Waals surface area contributed by atoms with Crippen molar-refractivity contribution in [3.8, 4) is 6.07 Å². The standard InChI is InChI=1S/C14H13N3O3S/c1-20-10-11-4-2-5-12(8-11)17-21(18,19)14-6-3-7-16-13(14)9-15/h2-8,17H,10H2,1H3. The van der Waals surface area contributed by atoms with Gasteiger partial charge in [0.2, 0.25) is 0 Å². The molecule has 0 aliphatic heterocycles. The summed E-state index contributed by atoms with van der Waals surface area (Å²) in [7, 11) is -2.30. The fourth-order valence-corrected chi connectivity index (χ4v) is 2.95. The summed E-state index contributed by atoms with van der Waals surface area (Å²) >= 11 is 0. The molecule has 2 rings (SSSR count). The fraction of sp³-hybridized carbons (Fsp3) is 0.143. The first kappa shape index (κ1) is 15.0. The van der Waals surface area contributed by atoms with Gasteiger partial charge in [0.05, 0.1) is 6.61 Å². The van der Waals surface area contributed by atoms with Crippen LogP contribution in [0.1, 0.15) is 11.3 Å². The van der Waals surface area contributed by atoms with Gasteiger partial charge in [-0.05, 0) is 29.8 Å². The maximum absolute atomic E-state index is 12.3. The molecule has 0 spiro atoms. The fourth-order valence-electron chi connectivity index (χ4n) is 1.79. The number of sulfonamides is 1. The molecule has 108 valence electrons. The van der Waals surface area contributed by atoms with Gasteiger partial charge in [0, 0.05) is 19.0 Å². The highest BCUT2D eigenvalue weighted by Gasteiger charge is 2.19. The molecule has 7 heteroatoms. The molecule has 0 amide bonds. The third-order valence-corrected chi connectivity index (χ3v) is 4.07. The maximum atomic E-state index is 12.3. The van der Waals surface area contributed by atoms with Gasteiger partial charge in [0.25, 0.3) is 10.0 Å². The molecule has 0 bridgehead atoms. The first-order chi connectivity index (χ1) is 10.1. The van der Waals surface area contributed by atoms with Gasteiger partial charge < -0.3 is 4.74 Å². The molecule has 0 unspecified atom stereocenters. The van der Waals surface area contributed by atoms with Gasteiger partial charge in [-0.2, -0.15) is 5.26 Å². The molecule has 1 aromatic heterocycles. The molecule has 0 radical (unpaired) electrons. The molecule has 1 heterocycles. The van der Waals surface area contributed by atoms with E-state index in [9.17, 15) is 8.42 Å². The number of hydrogen-bond acceptors (Lipinski definition) is 5. The Bertz CT molecular complexity index is 782. The predicted molar refractivity (Wildman–Crippen MR) is 76.9 cm³/mol. The molecule has 0 atom stereocenters. The molecule has 0 saturated heterocycles. The molecular weight excluding hydrogens is 290 g/mol. The smallest absolute Gasteiger partial charge is 0.264 e. The first-order valence-electron chi connectivity index (χ1n) is 6.02. The Morgan fingerprint density at radius 1 is 1.33 bits per heavy atom. The summed E-state index contributed by atoms with van der Waals surface area (Å²) in [5, 5.41) is 8.94. The van der Waals surface area contributed by atoms with E-state index in [0.29, 0.717) is 12.3 Å². The Kier molecular flexibility index (Phi) is 4.52. The van der Waals surface area contributed by atoms with Gasteiger partial charge in [-0.3, -0.25) is 4.72 Å². The van der Waals surface area contributed by atoms with Crippen LogP contribution in [0.25, 0.3) is 0 Å². The molecule has 0 saturated carbocycles. The average Bonchev–Trinajstić information content (AvgIpc) is 2.47. The second-order valence-corrected chi connectivity index (χ2v) is 5.85. The van der Waals surface area contributed by atoms with Crippen LogP contribution in [0, 0.1) is 11.3 Å². The summed E-state index contributed by atoms with van der Waals surface area (Å²) in [5.41, 5.74) is 1.10. The van der Waals surface area contributed by atoms with Gasteiger partial charge in [-0.15, -0.1) is 0 Å². The molecule has 21 heavy (non-hydrogen) atoms. The quantitative estimate of drug-likeness (QED) is 0.910. The van der Waals surface area contributed by atoms with Crippen LogP contribution < -0.4 is 4.72 Å². The highest BCUT2D eigenvalue weighted by molar-refractivity contribution is 7.92. The van der Waals surface area contributed by atoms with Crippen molar-refractivity contribution in [3.05, 3.63) is 53.9 Å². The van der Waals surface area contributed by atoms with E-state index in [1.165, 1.54) is 18.3 Å². The van der Waals surface area contributed by atoms with Gasteiger partial charge in [-0.1, -0.05) is 12.1 Å². The number of rotatable bonds is 5. The summed E-state index contributed by atoms with van der Waals surface area (Å²) in [6.45, 7) is 0.381. The summed E-state index contributed by atoms with van der Waals surface area (Å²) in [5.74, 6) is 0. The Labute approximate surface area is 123 Å². The molecule has 0 fully saturated rings. The van der Waals surface area contributed by atoms with Gasteiger partial charge >= 0.3 is 0 Å². The number of benzene rings is 1. The van der Waals surface area contributed by atoms with Gasteiger partial charge in [0.15, 0.2) is 5.69 Å². The summed E-state index contributed by atoms with van der Waals surface area (Å²) < 4.78 is 32.1. The van der Waals surface area contributed by atoms with E-state index in [2.05, 4.69) is 9.71 Å². The van der Waals surface area contributed by atoms with Gasteiger partial charge in [-0.25, -0.2) is 13.4 Å². The molecule has 0 aliphatic carbocycles. The molecule has 1 aromatic carbocycles. The topological polar surface area (TPSA) is 92.1 Å². The van der Waals surface area contributed by atoms with E-state index < -0.39 is 10.0 Å². The predicted octanol–water partition coefficient (Wildman–Crippen LogP) is 1.90. The van der Waals surface area contributed by atoms with Crippen molar-refractivity contribution < 1.29 is 13.2 Å². The van der Waals surface area contributed by atoms with Crippen molar-refractivity contribution >= 4 is 15.7 Å². The molecule has 1 N–H and O–H groups in total. The minimum absolute atomic E-state index is 0.141.